The third-order valence-corrected chi connectivity index (χ3v) is 14.4. The second-order valence-corrected chi connectivity index (χ2v) is 21.2. The number of benzene rings is 3. The summed E-state index contributed by atoms with van der Waals surface area (Å²) in [5, 5.41) is 0. The Morgan fingerprint density at radius 3 is 0.924 bits per heavy atom. The van der Waals surface area contributed by atoms with Gasteiger partial charge in [0, 0.05) is 13.2 Å². The lowest BCUT2D eigenvalue weighted by Crippen LogP contribution is -2.34. The predicted molar refractivity (Wildman–Crippen MR) is 330 cm³/mol. The van der Waals surface area contributed by atoms with E-state index in [4.69, 9.17) is 42.6 Å². The first-order valence-corrected chi connectivity index (χ1v) is 32.1. The highest BCUT2D eigenvalue weighted by atomic mass is 16.6. The molecule has 0 amide bonds. The van der Waals surface area contributed by atoms with Crippen molar-refractivity contribution >= 4 is 0 Å². The van der Waals surface area contributed by atoms with Crippen LogP contribution in [0.3, 0.4) is 0 Å². The van der Waals surface area contributed by atoms with Crippen LogP contribution in [0.15, 0.2) is 115 Å². The molecule has 79 heavy (non-hydrogen) atoms. The molecule has 0 spiro atoms. The number of rotatable bonds is 59. The van der Waals surface area contributed by atoms with Gasteiger partial charge in [-0.2, -0.15) is 0 Å². The fraction of sp³-hybridized carbons (Fsp3) is 0.686. The van der Waals surface area contributed by atoms with Crippen LogP contribution in [-0.2, 0) is 48.2 Å². The maximum atomic E-state index is 6.79. The smallest absolute Gasteiger partial charge is 0.143 e. The van der Waals surface area contributed by atoms with Crippen molar-refractivity contribution in [1.82, 2.24) is 0 Å². The molecule has 0 heterocycles. The first-order valence-electron chi connectivity index (χ1n) is 32.1. The van der Waals surface area contributed by atoms with E-state index in [0.717, 1.165) is 42.7 Å². The Kier molecular flexibility index (Phi) is 47.9. The van der Waals surface area contributed by atoms with Crippen LogP contribution in [0.2, 0.25) is 0 Å². The first kappa shape index (κ1) is 70.0. The summed E-state index contributed by atoms with van der Waals surface area (Å²) in [5.41, 5.74) is 2.47. The monoisotopic (exact) mass is 1100 g/mol. The first-order chi connectivity index (χ1) is 39.3. The van der Waals surface area contributed by atoms with Crippen LogP contribution in [0, 0.1) is 0 Å². The van der Waals surface area contributed by atoms with Gasteiger partial charge in [0.1, 0.15) is 11.7 Å². The van der Waals surface area contributed by atoms with Gasteiger partial charge in [-0.15, -0.1) is 0 Å². The van der Waals surface area contributed by atoms with E-state index < -0.39 is 5.60 Å². The molecular formula is C70H114O9. The summed E-state index contributed by atoms with van der Waals surface area (Å²) in [7, 11) is 0. The average Bonchev–Trinajstić information content (AvgIpc) is 3.49. The summed E-state index contributed by atoms with van der Waals surface area (Å²) in [6, 6.07) is 31.2. The van der Waals surface area contributed by atoms with Crippen LogP contribution in [0.5, 0.6) is 0 Å². The fourth-order valence-corrected chi connectivity index (χ4v) is 9.75. The zero-order chi connectivity index (χ0) is 55.7. The molecule has 0 aromatic heterocycles. The minimum absolute atomic E-state index is 0.0581. The van der Waals surface area contributed by atoms with Crippen molar-refractivity contribution in [3.05, 3.63) is 132 Å². The van der Waals surface area contributed by atoms with Crippen molar-refractivity contribution in [1.29, 1.82) is 0 Å². The van der Waals surface area contributed by atoms with E-state index in [1.807, 2.05) is 18.2 Å². The molecule has 1 atom stereocenters. The van der Waals surface area contributed by atoms with E-state index in [1.165, 1.54) is 167 Å². The Hall–Kier alpha value is -3.22. The zero-order valence-electron chi connectivity index (χ0n) is 50.3. The van der Waals surface area contributed by atoms with Crippen LogP contribution in [0.4, 0.5) is 0 Å². The van der Waals surface area contributed by atoms with Gasteiger partial charge in [0.05, 0.1) is 92.5 Å². The third kappa shape index (κ3) is 38.2. The summed E-state index contributed by atoms with van der Waals surface area (Å²) < 4.78 is 54.1. The summed E-state index contributed by atoms with van der Waals surface area (Å²) in [6.07, 6.45) is 46.2. The molecule has 9 nitrogen and oxygen atoms in total. The quantitative estimate of drug-likeness (QED) is 0.0312. The molecule has 0 radical (unpaired) electrons. The Morgan fingerprint density at radius 2 is 0.570 bits per heavy atom. The highest BCUT2D eigenvalue weighted by Crippen LogP contribution is 2.40. The molecule has 3 aromatic rings. The van der Waals surface area contributed by atoms with Crippen molar-refractivity contribution in [3.63, 3.8) is 0 Å². The molecule has 0 N–H and O–H groups in total. The molecule has 0 aliphatic carbocycles. The number of hydrogen-bond acceptors (Lipinski definition) is 9. The minimum Gasteiger partial charge on any atom is -0.379 e. The molecular weight excluding hydrogens is 985 g/mol. The van der Waals surface area contributed by atoms with Gasteiger partial charge in [-0.3, -0.25) is 0 Å². The van der Waals surface area contributed by atoms with Crippen molar-refractivity contribution in [2.45, 2.75) is 205 Å². The summed E-state index contributed by atoms with van der Waals surface area (Å²) in [4.78, 5) is 0. The lowest BCUT2D eigenvalue weighted by molar-refractivity contribution is -0.0702. The van der Waals surface area contributed by atoms with Gasteiger partial charge in [-0.25, -0.2) is 0 Å². The molecule has 3 aromatic carbocycles. The number of hydrogen-bond donors (Lipinski definition) is 0. The van der Waals surface area contributed by atoms with Crippen molar-refractivity contribution < 1.29 is 42.6 Å². The van der Waals surface area contributed by atoms with Crippen LogP contribution >= 0.6 is 0 Å². The van der Waals surface area contributed by atoms with E-state index in [-0.39, 0.29) is 6.10 Å². The average molecular weight is 1100 g/mol. The van der Waals surface area contributed by atoms with Gasteiger partial charge in [0.2, 0.25) is 0 Å². The van der Waals surface area contributed by atoms with E-state index in [1.54, 1.807) is 0 Å². The van der Waals surface area contributed by atoms with Crippen LogP contribution < -0.4 is 0 Å². The Labute approximate surface area is 483 Å². The predicted octanol–water partition coefficient (Wildman–Crippen LogP) is 17.6. The lowest BCUT2D eigenvalue weighted by atomic mass is 9.80. The topological polar surface area (TPSA) is 83.1 Å². The van der Waals surface area contributed by atoms with Crippen LogP contribution in [0.1, 0.15) is 210 Å². The maximum absolute atomic E-state index is 6.79. The molecule has 3 rings (SSSR count). The highest BCUT2D eigenvalue weighted by molar-refractivity contribution is 5.47. The molecule has 0 aliphatic heterocycles. The third-order valence-electron chi connectivity index (χ3n) is 14.4. The second kappa shape index (κ2) is 54.1. The molecule has 9 heteroatoms. The van der Waals surface area contributed by atoms with Crippen LogP contribution in [-0.4, -0.2) is 112 Å². The van der Waals surface area contributed by atoms with Crippen LogP contribution in [0.25, 0.3) is 0 Å². The molecule has 0 bridgehead atoms. The molecule has 0 saturated carbocycles. The summed E-state index contributed by atoms with van der Waals surface area (Å²) in [5.74, 6) is 0. The number of ether oxygens (including phenoxy) is 9. The van der Waals surface area contributed by atoms with E-state index >= 15 is 0 Å². The molecule has 448 valence electrons. The molecule has 0 aliphatic rings. The van der Waals surface area contributed by atoms with Gasteiger partial charge < -0.3 is 42.6 Å². The largest absolute Gasteiger partial charge is 0.379 e. The van der Waals surface area contributed by atoms with E-state index in [2.05, 4.69) is 111 Å². The molecule has 0 fully saturated rings. The minimum atomic E-state index is -0.753. The zero-order valence-corrected chi connectivity index (χ0v) is 50.3. The SMILES string of the molecule is CCCCCCCC/C=C\CCCCCCCCOCC(COCCOCCOCCOCCOCCOCCOC(c1ccccc1)(c1ccccc1)c1ccccc1)OCCCCCCCC/C=C\CCCCCCCC. The normalized spacial score (nSPS) is 12.4. The lowest BCUT2D eigenvalue weighted by Gasteiger charge is -2.36. The van der Waals surface area contributed by atoms with Crippen molar-refractivity contribution in [3.8, 4) is 0 Å². The summed E-state index contributed by atoms with van der Waals surface area (Å²) in [6.45, 7) is 13.1. The highest BCUT2D eigenvalue weighted by Gasteiger charge is 2.37. The van der Waals surface area contributed by atoms with Crippen molar-refractivity contribution in [2.24, 2.45) is 0 Å². The molecule has 0 saturated heterocycles. The van der Waals surface area contributed by atoms with Gasteiger partial charge in [0.25, 0.3) is 0 Å². The van der Waals surface area contributed by atoms with Gasteiger partial charge in [-0.05, 0) is 80.9 Å². The summed E-state index contributed by atoms with van der Waals surface area (Å²) >= 11 is 0. The van der Waals surface area contributed by atoms with E-state index in [9.17, 15) is 0 Å². The van der Waals surface area contributed by atoms with Crippen molar-refractivity contribution in [2.75, 3.05) is 106 Å². The number of unbranched alkanes of at least 4 members (excludes halogenated alkanes) is 24. The van der Waals surface area contributed by atoms with Gasteiger partial charge in [-0.1, -0.05) is 245 Å². The fourth-order valence-electron chi connectivity index (χ4n) is 9.75. The van der Waals surface area contributed by atoms with Gasteiger partial charge in [0.15, 0.2) is 0 Å². The standard InChI is InChI=1S/C70H114O9/c1-3-5-7-9-11-13-15-17-19-21-23-25-27-29-31-42-50-76-64-69(78-51-43-32-30-28-26-24-22-20-18-16-14-12-10-8-6-4-2)65-77-61-60-74-57-56-72-53-52-71-54-55-73-58-59-75-62-63-79-70(66-44-36-33-37-45-66,67-46-38-34-39-47-67)68-48-40-35-41-49-68/h17-20,33-41,44-49,69H,3-16,21-32,42-43,50-65H2,1-2H3/b19-17-,20-18-. The Morgan fingerprint density at radius 1 is 0.291 bits per heavy atom. The van der Waals surface area contributed by atoms with Gasteiger partial charge >= 0.3 is 0 Å². The Bertz CT molecular complexity index is 1640. The number of allylic oxidation sites excluding steroid dienone is 4. The second-order valence-electron chi connectivity index (χ2n) is 21.2. The molecule has 1 unspecified atom stereocenters. The van der Waals surface area contributed by atoms with E-state index in [0.29, 0.717) is 92.5 Å². The maximum Gasteiger partial charge on any atom is 0.143 e. The Balaban J connectivity index is 1.17.